The second-order valence-corrected chi connectivity index (χ2v) is 15.8. The van der Waals surface area contributed by atoms with Crippen LogP contribution >= 0.6 is 11.6 Å². The molecule has 18 heteroatoms. The van der Waals surface area contributed by atoms with E-state index >= 15 is 0 Å². The number of nitrogens with zero attached hydrogens (tertiary/aromatic N) is 2. The molecule has 0 radical (unpaired) electrons. The van der Waals surface area contributed by atoms with Gasteiger partial charge in [-0.2, -0.15) is 0 Å². The van der Waals surface area contributed by atoms with Crippen LogP contribution in [0.5, 0.6) is 5.75 Å². The lowest BCUT2D eigenvalue weighted by Gasteiger charge is -2.59. The highest BCUT2D eigenvalue weighted by atomic mass is 35.5. The van der Waals surface area contributed by atoms with Crippen LogP contribution in [0.2, 0.25) is 5.02 Å². The topological polar surface area (TPSA) is 198 Å². The minimum atomic E-state index is -1.87. The van der Waals surface area contributed by atoms with Crippen molar-refractivity contribution in [3.05, 3.63) is 58.7 Å². The number of nitrogens with one attached hydrogen (secondary N) is 1. The summed E-state index contributed by atoms with van der Waals surface area (Å²) in [6.45, 7) is 7.70. The minimum absolute atomic E-state index is 0.0316. The Kier molecular flexibility index (Phi) is 15.0. The van der Waals surface area contributed by atoms with Gasteiger partial charge in [0.25, 0.3) is 11.8 Å². The van der Waals surface area contributed by atoms with Crippen molar-refractivity contribution in [2.45, 2.75) is 94.7 Å². The van der Waals surface area contributed by atoms with Crippen LogP contribution in [0.15, 0.2) is 48.1 Å². The molecule has 6 bridgehead atoms. The highest BCUT2D eigenvalue weighted by Gasteiger charge is 2.63. The molecule has 0 aliphatic carbocycles. The van der Waals surface area contributed by atoms with Gasteiger partial charge in [0, 0.05) is 39.2 Å². The number of imide groups is 1. The monoisotopic (exact) mass is 847 g/mol. The molecule has 5 aliphatic rings. The summed E-state index contributed by atoms with van der Waals surface area (Å²) in [6, 6.07) is 3.57. The molecule has 59 heavy (non-hydrogen) atoms. The molecule has 1 aromatic rings. The second-order valence-electron chi connectivity index (χ2n) is 15.4. The molecule has 5 aliphatic heterocycles. The van der Waals surface area contributed by atoms with Crippen LogP contribution in [0.25, 0.3) is 0 Å². The predicted octanol–water partition coefficient (Wildman–Crippen LogP) is 3.18. The molecule has 4 amide bonds. The Bertz CT molecular complexity index is 1830. The molecular weight excluding hydrogens is 794 g/mol. The molecule has 2 fully saturated rings. The van der Waals surface area contributed by atoms with E-state index in [-0.39, 0.29) is 75.7 Å². The van der Waals surface area contributed by atoms with Crippen molar-refractivity contribution in [2.75, 3.05) is 65.7 Å². The Balaban J connectivity index is 1.29. The Labute approximate surface area is 348 Å². The molecule has 17 nitrogen and oxygen atoms in total. The first kappa shape index (κ1) is 45.7. The van der Waals surface area contributed by atoms with E-state index in [9.17, 15) is 29.1 Å². The number of halogens is 1. The van der Waals surface area contributed by atoms with Gasteiger partial charge >= 0.3 is 12.1 Å². The summed E-state index contributed by atoms with van der Waals surface area (Å²) in [5.41, 5.74) is -2.18. The molecule has 7 atom stereocenters. The van der Waals surface area contributed by atoms with Crippen LogP contribution in [0, 0.1) is 0 Å². The maximum Gasteiger partial charge on any atom is 0.409 e. The summed E-state index contributed by atoms with van der Waals surface area (Å²) in [5, 5.41) is 14.5. The van der Waals surface area contributed by atoms with Gasteiger partial charge in [-0.1, -0.05) is 35.4 Å². The Morgan fingerprint density at radius 2 is 1.69 bits per heavy atom. The minimum Gasteiger partial charge on any atom is -0.495 e. The lowest BCUT2D eigenvalue weighted by molar-refractivity contribution is -0.328. The van der Waals surface area contributed by atoms with Crippen LogP contribution in [-0.4, -0.2) is 142 Å². The molecule has 0 saturated carbocycles. The van der Waals surface area contributed by atoms with Crippen LogP contribution in [0.4, 0.5) is 10.5 Å². The number of rotatable bonds is 14. The normalized spacial score (nSPS) is 30.5. The van der Waals surface area contributed by atoms with Gasteiger partial charge in [0.15, 0.2) is 11.8 Å². The summed E-state index contributed by atoms with van der Waals surface area (Å²) in [4.78, 5) is 66.3. The quantitative estimate of drug-likeness (QED) is 0.157. The molecule has 1 unspecified atom stereocenters. The number of alkyl carbamates (subject to hydrolysis) is 1. The SMILES string of the molecule is COc1cc2cc(c1Cl)N(C)C(=O)C[C@H](OC(=O)[C@H](C)OCCOCCOCCN1C(=O)C=CC1=O)[C@@]1(C)C[C@](C)(O1)C1C[C@@](O)(NC(=O)O1)[C@H](OC)/C=C/C=C(\C)C2. The van der Waals surface area contributed by atoms with Gasteiger partial charge in [-0.15, -0.1) is 0 Å². The number of benzene rings is 1. The van der Waals surface area contributed by atoms with Gasteiger partial charge in [-0.25, -0.2) is 9.59 Å². The molecule has 1 aromatic carbocycles. The van der Waals surface area contributed by atoms with Gasteiger partial charge in [-0.05, 0) is 51.8 Å². The van der Waals surface area contributed by atoms with Crippen LogP contribution in [0.1, 0.15) is 52.5 Å². The molecule has 6 rings (SSSR count). The van der Waals surface area contributed by atoms with E-state index in [1.54, 1.807) is 45.2 Å². The van der Waals surface area contributed by atoms with Crippen molar-refractivity contribution in [1.29, 1.82) is 0 Å². The smallest absolute Gasteiger partial charge is 0.409 e. The first-order valence-electron chi connectivity index (χ1n) is 19.3. The lowest BCUT2D eigenvalue weighted by atomic mass is 9.72. The fourth-order valence-electron chi connectivity index (χ4n) is 7.62. The zero-order valence-corrected chi connectivity index (χ0v) is 35.2. The zero-order valence-electron chi connectivity index (χ0n) is 34.4. The Morgan fingerprint density at radius 1 is 1.03 bits per heavy atom. The summed E-state index contributed by atoms with van der Waals surface area (Å²) < 4.78 is 46.1. The van der Waals surface area contributed by atoms with E-state index in [0.29, 0.717) is 17.9 Å². The van der Waals surface area contributed by atoms with Crippen molar-refractivity contribution in [1.82, 2.24) is 10.2 Å². The average molecular weight is 848 g/mol. The second kappa shape index (κ2) is 19.4. The van der Waals surface area contributed by atoms with Gasteiger partial charge in [0.1, 0.15) is 40.3 Å². The number of hydrogen-bond donors (Lipinski definition) is 2. The third-order valence-electron chi connectivity index (χ3n) is 10.8. The zero-order chi connectivity index (χ0) is 43.1. The van der Waals surface area contributed by atoms with Gasteiger partial charge in [0.2, 0.25) is 5.91 Å². The number of carbonyl (C=O) groups excluding carboxylic acids is 5. The van der Waals surface area contributed by atoms with Crippen LogP contribution in [-0.2, 0) is 58.8 Å². The molecule has 2 N–H and O–H groups in total. The summed E-state index contributed by atoms with van der Waals surface area (Å²) in [6.07, 6.45) is 2.81. The van der Waals surface area contributed by atoms with E-state index in [1.807, 2.05) is 13.0 Å². The molecule has 324 valence electrons. The Morgan fingerprint density at radius 3 is 2.36 bits per heavy atom. The number of anilines is 1. The van der Waals surface area contributed by atoms with E-state index in [1.165, 1.54) is 38.2 Å². The summed E-state index contributed by atoms with van der Waals surface area (Å²) in [7, 11) is 4.47. The number of esters is 1. The standard InChI is InChI=1S/C41H54ClN3O14/c1-25-9-8-10-30(53-7)41(51)23-32(58-38(50)43-41)40(4)24-39(3,59-40)31(22-35(48)44(5)28-20-27(19-25)21-29(52-6)36(28)42)57-37(49)26(2)56-18-17-55-16-15-54-14-13-45-33(46)11-12-34(45)47/h8-12,20-21,26,30-32,51H,13-19,22-24H2,1-7H3,(H,43,50)/b10-8+,25-9+/t26-,30+,31-,32?,39+,40-,41-/m0/s1. The van der Waals surface area contributed by atoms with Gasteiger partial charge in [-0.3, -0.25) is 24.6 Å². The number of hydrogen-bond acceptors (Lipinski definition) is 14. The number of methoxy groups -OCH3 is 2. The lowest BCUT2D eigenvalue weighted by Crippen LogP contribution is -2.72. The van der Waals surface area contributed by atoms with Crippen molar-refractivity contribution in [3.8, 4) is 5.75 Å². The first-order valence-corrected chi connectivity index (χ1v) is 19.7. The number of carbonyl (C=O) groups is 5. The summed E-state index contributed by atoms with van der Waals surface area (Å²) >= 11 is 6.76. The fourth-order valence-corrected chi connectivity index (χ4v) is 7.93. The maximum atomic E-state index is 14.1. The summed E-state index contributed by atoms with van der Waals surface area (Å²) in [5.74, 6) is -1.60. The highest BCUT2D eigenvalue weighted by molar-refractivity contribution is 6.35. The number of aliphatic hydroxyl groups is 1. The molecule has 2 saturated heterocycles. The number of allylic oxidation sites excluding steroid dienone is 3. The fraction of sp³-hybridized carbons (Fsp3) is 0.585. The molecule has 5 heterocycles. The van der Waals surface area contributed by atoms with Crippen LogP contribution < -0.4 is 15.0 Å². The molecule has 0 spiro atoms. The Hall–Kier alpha value is -4.36. The predicted molar refractivity (Wildman–Crippen MR) is 212 cm³/mol. The van der Waals surface area contributed by atoms with E-state index in [2.05, 4.69) is 5.32 Å². The van der Waals surface area contributed by atoms with Gasteiger partial charge in [0.05, 0.1) is 58.8 Å². The van der Waals surface area contributed by atoms with Gasteiger partial charge < -0.3 is 47.9 Å². The number of amides is 4. The largest absolute Gasteiger partial charge is 0.495 e. The average Bonchev–Trinajstić information content (AvgIpc) is 3.49. The first-order chi connectivity index (χ1) is 27.9. The van der Waals surface area contributed by atoms with Crippen molar-refractivity contribution < 1.29 is 67.0 Å². The highest BCUT2D eigenvalue weighted by Crippen LogP contribution is 2.50. The van der Waals surface area contributed by atoms with Crippen molar-refractivity contribution in [3.63, 3.8) is 0 Å². The van der Waals surface area contributed by atoms with Crippen molar-refractivity contribution >= 4 is 47.1 Å². The molecular formula is C41H54ClN3O14. The van der Waals surface area contributed by atoms with Crippen LogP contribution in [0.3, 0.4) is 0 Å². The third kappa shape index (κ3) is 10.9. The van der Waals surface area contributed by atoms with E-state index < -0.39 is 59.3 Å². The van der Waals surface area contributed by atoms with E-state index in [0.717, 1.165) is 16.0 Å². The molecule has 0 aromatic heterocycles. The maximum absolute atomic E-state index is 14.1. The third-order valence-corrected chi connectivity index (χ3v) is 11.2. The number of ether oxygens (including phenoxy) is 8. The van der Waals surface area contributed by atoms with E-state index in [4.69, 9.17) is 49.5 Å². The number of fused-ring (bicyclic) bond motifs is 6. The van der Waals surface area contributed by atoms with Crippen molar-refractivity contribution in [2.24, 2.45) is 0 Å².